The van der Waals surface area contributed by atoms with E-state index in [-0.39, 0.29) is 30.6 Å². The van der Waals surface area contributed by atoms with Crippen LogP contribution >= 0.6 is 11.8 Å². The average Bonchev–Trinajstić information content (AvgIpc) is 2.89. The number of carbonyl (C=O) groups is 2. The number of nitrogens with zero attached hydrogens (tertiary/aromatic N) is 2. The fourth-order valence-corrected chi connectivity index (χ4v) is 2.52. The monoisotopic (exact) mass is 367 g/mol. The van der Waals surface area contributed by atoms with Crippen LogP contribution in [-0.2, 0) is 9.59 Å². The third-order valence-corrected chi connectivity index (χ3v) is 4.23. The van der Waals surface area contributed by atoms with E-state index >= 15 is 0 Å². The molecule has 1 heterocycles. The van der Waals surface area contributed by atoms with E-state index in [9.17, 15) is 22.8 Å². The summed E-state index contributed by atoms with van der Waals surface area (Å²) in [5.41, 5.74) is 0. The van der Waals surface area contributed by atoms with Gasteiger partial charge < -0.3 is 14.7 Å². The molecule has 0 spiro atoms. The van der Waals surface area contributed by atoms with Crippen LogP contribution in [0.3, 0.4) is 0 Å². The number of halogens is 3. The van der Waals surface area contributed by atoms with Crippen molar-refractivity contribution in [3.8, 4) is 0 Å². The van der Waals surface area contributed by atoms with Crippen molar-refractivity contribution >= 4 is 29.4 Å². The average molecular weight is 367 g/mol. The third-order valence-electron chi connectivity index (χ3n) is 3.10. The van der Waals surface area contributed by atoms with Crippen LogP contribution in [0.5, 0.6) is 0 Å². The summed E-state index contributed by atoms with van der Waals surface area (Å²) in [6, 6.07) is 1.55. The van der Waals surface area contributed by atoms with Crippen molar-refractivity contribution < 1.29 is 27.3 Å². The van der Waals surface area contributed by atoms with Crippen LogP contribution in [-0.4, -0.2) is 52.1 Å². The molecule has 0 aliphatic carbocycles. The highest BCUT2D eigenvalue weighted by molar-refractivity contribution is 8.01. The molecule has 24 heavy (non-hydrogen) atoms. The summed E-state index contributed by atoms with van der Waals surface area (Å²) in [4.78, 5) is 25.0. The summed E-state index contributed by atoms with van der Waals surface area (Å²) in [5.74, 6) is -0.0400. The van der Waals surface area contributed by atoms with Crippen LogP contribution in [0.2, 0.25) is 0 Å². The Labute approximate surface area is 142 Å². The van der Waals surface area contributed by atoms with Crippen molar-refractivity contribution in [2.45, 2.75) is 38.6 Å². The Morgan fingerprint density at radius 1 is 1.46 bits per heavy atom. The number of aryl methyl sites for hydroxylation is 1. The summed E-state index contributed by atoms with van der Waals surface area (Å²) >= 11 is 1.05. The highest BCUT2D eigenvalue weighted by Crippen LogP contribution is 2.20. The van der Waals surface area contributed by atoms with Crippen molar-refractivity contribution in [2.75, 3.05) is 24.2 Å². The summed E-state index contributed by atoms with van der Waals surface area (Å²) in [7, 11) is 0. The molecule has 0 saturated heterocycles. The molecular weight excluding hydrogens is 347 g/mol. The number of anilines is 1. The fraction of sp³-hybridized carbons (Fsp3) is 0.643. The Morgan fingerprint density at radius 2 is 2.12 bits per heavy atom. The SMILES string of the molecule is CCN(CCC(F)(F)F)C(=O)CSC(C)C(=O)Nc1cc(C)on1. The molecular formula is C14H20F3N3O3S. The quantitative estimate of drug-likeness (QED) is 0.765. The van der Waals surface area contributed by atoms with Gasteiger partial charge in [0, 0.05) is 19.2 Å². The number of alkyl halides is 3. The zero-order valence-electron chi connectivity index (χ0n) is 13.6. The Balaban J connectivity index is 2.42. The van der Waals surface area contributed by atoms with Gasteiger partial charge in [0.2, 0.25) is 11.8 Å². The van der Waals surface area contributed by atoms with Gasteiger partial charge in [-0.25, -0.2) is 0 Å². The molecule has 1 unspecified atom stereocenters. The lowest BCUT2D eigenvalue weighted by Crippen LogP contribution is -2.36. The molecule has 136 valence electrons. The standard InChI is InChI=1S/C14H20F3N3O3S/c1-4-20(6-5-14(15,16)17)12(21)8-24-10(3)13(22)18-11-7-9(2)23-19-11/h7,10H,4-6,8H2,1-3H3,(H,18,19,22). The Bertz CT molecular complexity index is 563. The smallest absolute Gasteiger partial charge is 0.360 e. The van der Waals surface area contributed by atoms with Crippen LogP contribution in [0.1, 0.15) is 26.0 Å². The maximum absolute atomic E-state index is 12.2. The zero-order chi connectivity index (χ0) is 18.3. The molecule has 0 aliphatic rings. The Morgan fingerprint density at radius 3 is 2.62 bits per heavy atom. The topological polar surface area (TPSA) is 75.4 Å². The Hall–Kier alpha value is -1.71. The normalized spacial score (nSPS) is 12.8. The number of hydrogen-bond acceptors (Lipinski definition) is 5. The molecule has 1 aromatic heterocycles. The van der Waals surface area contributed by atoms with Gasteiger partial charge in [0.25, 0.3) is 0 Å². The molecule has 10 heteroatoms. The van der Waals surface area contributed by atoms with E-state index in [4.69, 9.17) is 4.52 Å². The molecule has 1 aromatic rings. The molecule has 0 bridgehead atoms. The molecule has 6 nitrogen and oxygen atoms in total. The van der Waals surface area contributed by atoms with E-state index in [0.29, 0.717) is 5.76 Å². The minimum absolute atomic E-state index is 0.0713. The molecule has 0 aromatic carbocycles. The van der Waals surface area contributed by atoms with Crippen molar-refractivity contribution in [1.29, 1.82) is 0 Å². The minimum Gasteiger partial charge on any atom is -0.360 e. The first kappa shape index (κ1) is 20.3. The second kappa shape index (κ2) is 8.95. The second-order valence-corrected chi connectivity index (χ2v) is 6.43. The molecule has 0 aliphatic heterocycles. The summed E-state index contributed by atoms with van der Waals surface area (Å²) in [6.07, 6.45) is -5.34. The van der Waals surface area contributed by atoms with Crippen LogP contribution in [0.15, 0.2) is 10.6 Å². The lowest BCUT2D eigenvalue weighted by atomic mass is 10.3. The molecule has 2 amide bonds. The van der Waals surface area contributed by atoms with E-state index in [1.165, 1.54) is 0 Å². The minimum atomic E-state index is -4.30. The van der Waals surface area contributed by atoms with Gasteiger partial charge in [-0.15, -0.1) is 11.8 Å². The Kier molecular flexibility index (Phi) is 7.59. The summed E-state index contributed by atoms with van der Waals surface area (Å²) in [6.45, 7) is 4.71. The fourth-order valence-electron chi connectivity index (χ4n) is 1.74. The van der Waals surface area contributed by atoms with Gasteiger partial charge in [0.1, 0.15) is 5.76 Å². The largest absolute Gasteiger partial charge is 0.390 e. The predicted molar refractivity (Wildman–Crippen MR) is 84.7 cm³/mol. The molecule has 1 rings (SSSR count). The van der Waals surface area contributed by atoms with E-state index in [2.05, 4.69) is 10.5 Å². The van der Waals surface area contributed by atoms with E-state index in [0.717, 1.165) is 16.7 Å². The molecule has 0 saturated carbocycles. The van der Waals surface area contributed by atoms with Gasteiger partial charge in [-0.1, -0.05) is 5.16 Å². The first-order valence-electron chi connectivity index (χ1n) is 7.32. The number of thioether (sulfide) groups is 1. The van der Waals surface area contributed by atoms with Crippen LogP contribution < -0.4 is 5.32 Å². The lowest BCUT2D eigenvalue weighted by molar-refractivity contribution is -0.143. The second-order valence-electron chi connectivity index (χ2n) is 5.10. The van der Waals surface area contributed by atoms with E-state index in [1.54, 1.807) is 26.8 Å². The first-order chi connectivity index (χ1) is 11.1. The predicted octanol–water partition coefficient (Wildman–Crippen LogP) is 2.84. The molecule has 1 N–H and O–H groups in total. The summed E-state index contributed by atoms with van der Waals surface area (Å²) < 4.78 is 41.5. The van der Waals surface area contributed by atoms with Crippen molar-refractivity contribution in [3.63, 3.8) is 0 Å². The van der Waals surface area contributed by atoms with Gasteiger partial charge in [0.05, 0.1) is 17.4 Å². The van der Waals surface area contributed by atoms with Crippen molar-refractivity contribution in [2.24, 2.45) is 0 Å². The van der Waals surface area contributed by atoms with Gasteiger partial charge in [-0.05, 0) is 20.8 Å². The number of amides is 2. The zero-order valence-corrected chi connectivity index (χ0v) is 14.5. The van der Waals surface area contributed by atoms with Crippen LogP contribution in [0.25, 0.3) is 0 Å². The molecule has 0 radical (unpaired) electrons. The van der Waals surface area contributed by atoms with Crippen LogP contribution in [0, 0.1) is 6.92 Å². The third kappa shape index (κ3) is 7.24. The van der Waals surface area contributed by atoms with Gasteiger partial charge in [0.15, 0.2) is 5.82 Å². The first-order valence-corrected chi connectivity index (χ1v) is 8.37. The number of rotatable bonds is 8. The highest BCUT2D eigenvalue weighted by Gasteiger charge is 2.28. The summed E-state index contributed by atoms with van der Waals surface area (Å²) in [5, 5.41) is 5.60. The number of aromatic nitrogens is 1. The van der Waals surface area contributed by atoms with E-state index in [1.807, 2.05) is 0 Å². The van der Waals surface area contributed by atoms with Crippen molar-refractivity contribution in [1.82, 2.24) is 10.1 Å². The maximum atomic E-state index is 12.2. The van der Waals surface area contributed by atoms with Crippen molar-refractivity contribution in [3.05, 3.63) is 11.8 Å². The van der Waals surface area contributed by atoms with Gasteiger partial charge in [-0.3, -0.25) is 9.59 Å². The highest BCUT2D eigenvalue weighted by atomic mass is 32.2. The molecule has 0 fully saturated rings. The number of nitrogens with one attached hydrogen (secondary N) is 1. The number of hydrogen-bond donors (Lipinski definition) is 1. The van der Waals surface area contributed by atoms with E-state index < -0.39 is 23.8 Å². The lowest BCUT2D eigenvalue weighted by Gasteiger charge is -2.22. The number of carbonyl (C=O) groups excluding carboxylic acids is 2. The molecule has 1 atom stereocenters. The van der Waals surface area contributed by atoms with Gasteiger partial charge >= 0.3 is 6.18 Å². The van der Waals surface area contributed by atoms with Gasteiger partial charge in [-0.2, -0.15) is 13.2 Å². The van der Waals surface area contributed by atoms with Crippen LogP contribution in [0.4, 0.5) is 19.0 Å². The maximum Gasteiger partial charge on any atom is 0.390 e.